The number of hydrogen-bond donors (Lipinski definition) is 1. The molecule has 0 rings (SSSR count). The summed E-state index contributed by atoms with van der Waals surface area (Å²) in [6, 6.07) is 0. The minimum absolute atomic E-state index is 0.333. The number of nitrogens with one attached hydrogen (secondary N) is 1. The highest BCUT2D eigenvalue weighted by atomic mass is 35.5. The third-order valence-electron chi connectivity index (χ3n) is 3.66. The van der Waals surface area contributed by atoms with Crippen molar-refractivity contribution in [2.24, 2.45) is 0 Å². The Bertz CT molecular complexity index is 159. The van der Waals surface area contributed by atoms with Crippen LogP contribution in [0.15, 0.2) is 0 Å². The predicted octanol–water partition coefficient (Wildman–Crippen LogP) is 5.90. The highest BCUT2D eigenvalue weighted by molar-refractivity contribution is 6.20. The van der Waals surface area contributed by atoms with Gasteiger partial charge in [0, 0.05) is 5.38 Å². The lowest BCUT2D eigenvalue weighted by atomic mass is 10.1. The number of rotatable bonds is 15. The largest absolute Gasteiger partial charge is 0.317 e. The van der Waals surface area contributed by atoms with Crippen molar-refractivity contribution in [3.63, 3.8) is 0 Å². The molecule has 0 aromatic rings. The zero-order valence-electron chi connectivity index (χ0n) is 13.4. The molecule has 0 aromatic heterocycles. The van der Waals surface area contributed by atoms with Crippen molar-refractivity contribution in [2.45, 2.75) is 96.3 Å². The Balaban J connectivity index is 2.91. The van der Waals surface area contributed by atoms with Crippen LogP contribution in [0.1, 0.15) is 90.9 Å². The molecule has 1 nitrogen and oxygen atoms in total. The molecule has 0 aliphatic rings. The van der Waals surface area contributed by atoms with Crippen LogP contribution >= 0.6 is 11.6 Å². The highest BCUT2D eigenvalue weighted by Gasteiger charge is 1.95. The van der Waals surface area contributed by atoms with Gasteiger partial charge in [0.1, 0.15) is 0 Å². The van der Waals surface area contributed by atoms with Crippen LogP contribution in [0.5, 0.6) is 0 Å². The first-order valence-corrected chi connectivity index (χ1v) is 9.05. The van der Waals surface area contributed by atoms with Crippen LogP contribution in [0.4, 0.5) is 0 Å². The molecule has 0 aliphatic carbocycles. The number of hydrogen-bond acceptors (Lipinski definition) is 1. The standard InChI is InChI=1S/C17H36ClN/c1-3-4-5-6-7-8-9-10-11-12-15-19-16-13-14-17(2)18/h17,19H,3-16H2,1-2H3. The van der Waals surface area contributed by atoms with E-state index in [0.29, 0.717) is 5.38 Å². The van der Waals surface area contributed by atoms with E-state index in [1.165, 1.54) is 77.2 Å². The van der Waals surface area contributed by atoms with Crippen molar-refractivity contribution in [3.8, 4) is 0 Å². The molecule has 1 N–H and O–H groups in total. The van der Waals surface area contributed by atoms with Crippen molar-refractivity contribution < 1.29 is 0 Å². The molecular formula is C17H36ClN. The van der Waals surface area contributed by atoms with Gasteiger partial charge in [0.2, 0.25) is 0 Å². The molecule has 0 saturated heterocycles. The first-order valence-electron chi connectivity index (χ1n) is 8.62. The molecule has 1 atom stereocenters. The van der Waals surface area contributed by atoms with Crippen LogP contribution in [-0.2, 0) is 0 Å². The average Bonchev–Trinajstić information content (AvgIpc) is 2.39. The summed E-state index contributed by atoms with van der Waals surface area (Å²) in [6.07, 6.45) is 16.5. The van der Waals surface area contributed by atoms with Crippen LogP contribution in [-0.4, -0.2) is 18.5 Å². The summed E-state index contributed by atoms with van der Waals surface area (Å²) < 4.78 is 0. The Morgan fingerprint density at radius 1 is 0.737 bits per heavy atom. The number of alkyl halides is 1. The Morgan fingerprint density at radius 2 is 1.21 bits per heavy atom. The van der Waals surface area contributed by atoms with E-state index in [-0.39, 0.29) is 0 Å². The maximum absolute atomic E-state index is 5.90. The van der Waals surface area contributed by atoms with Gasteiger partial charge >= 0.3 is 0 Å². The van der Waals surface area contributed by atoms with E-state index in [0.717, 1.165) is 13.0 Å². The summed E-state index contributed by atoms with van der Waals surface area (Å²) in [4.78, 5) is 0. The van der Waals surface area contributed by atoms with Gasteiger partial charge in [-0.3, -0.25) is 0 Å². The summed E-state index contributed by atoms with van der Waals surface area (Å²) in [5, 5.41) is 3.84. The van der Waals surface area contributed by atoms with E-state index >= 15 is 0 Å². The molecule has 0 fully saturated rings. The second-order valence-corrected chi connectivity index (χ2v) is 6.60. The smallest absolute Gasteiger partial charge is 0.0308 e. The van der Waals surface area contributed by atoms with Crippen molar-refractivity contribution in [1.29, 1.82) is 0 Å². The van der Waals surface area contributed by atoms with Crippen LogP contribution in [0.3, 0.4) is 0 Å². The minimum atomic E-state index is 0.333. The summed E-state index contributed by atoms with van der Waals surface area (Å²) in [7, 11) is 0. The van der Waals surface area contributed by atoms with Gasteiger partial charge in [-0.2, -0.15) is 0 Å². The van der Waals surface area contributed by atoms with E-state index in [9.17, 15) is 0 Å². The lowest BCUT2D eigenvalue weighted by Gasteiger charge is -2.06. The van der Waals surface area contributed by atoms with Crippen molar-refractivity contribution >= 4 is 11.6 Å². The number of halogens is 1. The van der Waals surface area contributed by atoms with E-state index in [1.54, 1.807) is 0 Å². The quantitative estimate of drug-likeness (QED) is 0.292. The Hall–Kier alpha value is 0.250. The van der Waals surface area contributed by atoms with E-state index < -0.39 is 0 Å². The van der Waals surface area contributed by atoms with Crippen molar-refractivity contribution in [1.82, 2.24) is 5.32 Å². The molecule has 1 unspecified atom stereocenters. The second kappa shape index (κ2) is 16.3. The van der Waals surface area contributed by atoms with Gasteiger partial charge in [0.05, 0.1) is 0 Å². The fourth-order valence-electron chi connectivity index (χ4n) is 2.37. The van der Waals surface area contributed by atoms with Crippen LogP contribution < -0.4 is 5.32 Å². The molecule has 116 valence electrons. The third-order valence-corrected chi connectivity index (χ3v) is 3.88. The zero-order valence-corrected chi connectivity index (χ0v) is 14.1. The maximum atomic E-state index is 5.90. The van der Waals surface area contributed by atoms with E-state index in [4.69, 9.17) is 11.6 Å². The molecule has 0 bridgehead atoms. The Labute approximate surface area is 126 Å². The normalized spacial score (nSPS) is 12.8. The van der Waals surface area contributed by atoms with Crippen molar-refractivity contribution in [2.75, 3.05) is 13.1 Å². The molecule has 0 saturated carbocycles. The van der Waals surface area contributed by atoms with Crippen LogP contribution in [0.2, 0.25) is 0 Å². The molecular weight excluding hydrogens is 254 g/mol. The number of unbranched alkanes of at least 4 members (excludes halogenated alkanes) is 9. The fraction of sp³-hybridized carbons (Fsp3) is 1.00. The summed E-state index contributed by atoms with van der Waals surface area (Å²) in [5.74, 6) is 0. The van der Waals surface area contributed by atoms with Gasteiger partial charge in [-0.15, -0.1) is 11.6 Å². The average molecular weight is 290 g/mol. The van der Waals surface area contributed by atoms with E-state index in [2.05, 4.69) is 19.2 Å². The Morgan fingerprint density at radius 3 is 1.74 bits per heavy atom. The molecule has 0 aliphatic heterocycles. The van der Waals surface area contributed by atoms with Gasteiger partial charge in [-0.1, -0.05) is 64.7 Å². The molecule has 2 heteroatoms. The first-order chi connectivity index (χ1) is 9.27. The zero-order chi connectivity index (χ0) is 14.2. The van der Waals surface area contributed by atoms with Crippen LogP contribution in [0, 0.1) is 0 Å². The van der Waals surface area contributed by atoms with Gasteiger partial charge in [-0.05, 0) is 39.3 Å². The first kappa shape index (κ1) is 19.2. The SMILES string of the molecule is CCCCCCCCCCCCNCCCC(C)Cl. The summed E-state index contributed by atoms with van der Waals surface area (Å²) in [6.45, 7) is 6.68. The topological polar surface area (TPSA) is 12.0 Å². The lowest BCUT2D eigenvalue weighted by molar-refractivity contribution is 0.538. The van der Waals surface area contributed by atoms with Gasteiger partial charge in [0.25, 0.3) is 0 Å². The third kappa shape index (κ3) is 18.2. The highest BCUT2D eigenvalue weighted by Crippen LogP contribution is 2.10. The minimum Gasteiger partial charge on any atom is -0.317 e. The summed E-state index contributed by atoms with van der Waals surface area (Å²) in [5.41, 5.74) is 0. The lowest BCUT2D eigenvalue weighted by Crippen LogP contribution is -2.17. The fourth-order valence-corrected chi connectivity index (χ4v) is 2.53. The van der Waals surface area contributed by atoms with Gasteiger partial charge in [-0.25, -0.2) is 0 Å². The molecule has 0 heterocycles. The Kier molecular flexibility index (Phi) is 16.5. The molecule has 0 spiro atoms. The summed E-state index contributed by atoms with van der Waals surface area (Å²) >= 11 is 5.90. The maximum Gasteiger partial charge on any atom is 0.0308 e. The molecule has 19 heavy (non-hydrogen) atoms. The van der Waals surface area contributed by atoms with Crippen molar-refractivity contribution in [3.05, 3.63) is 0 Å². The molecule has 0 radical (unpaired) electrons. The van der Waals surface area contributed by atoms with E-state index in [1.807, 2.05) is 0 Å². The predicted molar refractivity (Wildman–Crippen MR) is 89.3 cm³/mol. The second-order valence-electron chi connectivity index (χ2n) is 5.85. The van der Waals surface area contributed by atoms with Gasteiger partial charge in [0.15, 0.2) is 0 Å². The molecule has 0 aromatic carbocycles. The van der Waals surface area contributed by atoms with Crippen LogP contribution in [0.25, 0.3) is 0 Å². The van der Waals surface area contributed by atoms with Gasteiger partial charge < -0.3 is 5.32 Å². The molecule has 0 amide bonds. The monoisotopic (exact) mass is 289 g/mol.